The molecule has 0 spiro atoms. The van der Waals surface area contributed by atoms with E-state index in [9.17, 15) is 19.2 Å². The van der Waals surface area contributed by atoms with Gasteiger partial charge in [-0.2, -0.15) is 0 Å². The summed E-state index contributed by atoms with van der Waals surface area (Å²) in [4.78, 5) is 47.9. The van der Waals surface area contributed by atoms with Gasteiger partial charge in [-0.15, -0.1) is 0 Å². The van der Waals surface area contributed by atoms with Gasteiger partial charge in [-0.1, -0.05) is 151 Å². The van der Waals surface area contributed by atoms with Gasteiger partial charge in [-0.05, 0) is 158 Å². The van der Waals surface area contributed by atoms with Gasteiger partial charge in [-0.3, -0.25) is 0 Å². The van der Waals surface area contributed by atoms with Crippen LogP contribution in [-0.2, 0) is 28.5 Å². The minimum absolute atomic E-state index is 0.317. The van der Waals surface area contributed by atoms with Crippen LogP contribution >= 0.6 is 0 Å². The van der Waals surface area contributed by atoms with Crippen molar-refractivity contribution in [3.05, 3.63) is 168 Å². The van der Waals surface area contributed by atoms with Crippen LogP contribution in [0, 0.1) is 23.7 Å². The number of rotatable bonds is 39. The van der Waals surface area contributed by atoms with Crippen LogP contribution in [0.2, 0.25) is 0 Å². The average molecular weight is 1170 g/mol. The zero-order valence-corrected chi connectivity index (χ0v) is 50.7. The van der Waals surface area contributed by atoms with Crippen LogP contribution in [0.3, 0.4) is 0 Å². The lowest BCUT2D eigenvalue weighted by Gasteiger charge is -2.12. The predicted octanol–water partition coefficient (Wildman–Crippen LogP) is 16.6. The molecule has 12 nitrogen and oxygen atoms in total. The number of carbonyl (C=O) groups excluding carboxylic acids is 4. The van der Waals surface area contributed by atoms with Gasteiger partial charge in [0.1, 0.15) is 34.1 Å². The molecule has 0 aliphatic rings. The fourth-order valence-electron chi connectivity index (χ4n) is 9.73. The summed E-state index contributed by atoms with van der Waals surface area (Å²) in [5, 5.41) is 4.27. The highest BCUT2D eigenvalue weighted by Gasteiger charge is 2.16. The Bertz CT molecular complexity index is 3040. The van der Waals surface area contributed by atoms with Crippen molar-refractivity contribution < 1.29 is 57.1 Å². The Balaban J connectivity index is 0.859. The van der Waals surface area contributed by atoms with E-state index in [1.807, 2.05) is 48.5 Å². The summed E-state index contributed by atoms with van der Waals surface area (Å²) in [5.41, 5.74) is 3.67. The van der Waals surface area contributed by atoms with E-state index in [1.54, 1.807) is 24.3 Å². The van der Waals surface area contributed by atoms with Crippen molar-refractivity contribution in [3.63, 3.8) is 0 Å². The van der Waals surface area contributed by atoms with Crippen LogP contribution in [0.1, 0.15) is 184 Å². The zero-order valence-electron chi connectivity index (χ0n) is 50.7. The highest BCUT2D eigenvalue weighted by molar-refractivity contribution is 5.94. The fraction of sp³-hybridized carbons (Fsp3) is 0.405. The van der Waals surface area contributed by atoms with E-state index >= 15 is 0 Å². The molecule has 454 valence electrons. The van der Waals surface area contributed by atoms with Crippen LogP contribution in [0.4, 0.5) is 0 Å². The molecule has 0 heterocycles. The SMILES string of the molecule is C=CC(=O)OCCCCCCCCCCCOc1ccc2cc(C#Cc3ccc(OCCCCCCOc4ccc(C#Cc5ccc6cc(OCCCCCCCCCCCOC(=O)C=C)ccc6c5)cc4C(=O)OC)c(C(=O)OC)c3)ccc2c1. The summed E-state index contributed by atoms with van der Waals surface area (Å²) < 4.78 is 44.6. The number of esters is 4. The molecule has 0 atom stereocenters. The fourth-order valence-corrected chi connectivity index (χ4v) is 9.73. The van der Waals surface area contributed by atoms with E-state index in [1.165, 1.54) is 90.6 Å². The summed E-state index contributed by atoms with van der Waals surface area (Å²) in [6.45, 7) is 9.97. The third-order valence-electron chi connectivity index (χ3n) is 14.6. The zero-order chi connectivity index (χ0) is 60.8. The summed E-state index contributed by atoms with van der Waals surface area (Å²) >= 11 is 0. The molecule has 0 bridgehead atoms. The Morgan fingerprint density at radius 1 is 0.337 bits per heavy atom. The first-order valence-corrected chi connectivity index (χ1v) is 30.8. The molecule has 12 heteroatoms. The number of hydrogen-bond acceptors (Lipinski definition) is 12. The number of carbonyl (C=O) groups is 4. The maximum atomic E-state index is 12.9. The first-order valence-electron chi connectivity index (χ1n) is 30.8. The van der Waals surface area contributed by atoms with E-state index in [-0.39, 0.29) is 11.9 Å². The van der Waals surface area contributed by atoms with Crippen molar-refractivity contribution >= 4 is 45.4 Å². The molecule has 0 unspecified atom stereocenters. The smallest absolute Gasteiger partial charge is 0.341 e. The Morgan fingerprint density at radius 3 is 0.953 bits per heavy atom. The molecular weight excluding hydrogens is 1080 g/mol. The van der Waals surface area contributed by atoms with Crippen LogP contribution in [0.25, 0.3) is 21.5 Å². The van der Waals surface area contributed by atoms with Crippen LogP contribution in [-0.4, -0.2) is 77.7 Å². The van der Waals surface area contributed by atoms with Gasteiger partial charge in [0.2, 0.25) is 0 Å². The minimum atomic E-state index is -0.496. The topological polar surface area (TPSA) is 142 Å². The molecule has 0 fully saturated rings. The molecular formula is C74H86O12. The average Bonchev–Trinajstić information content (AvgIpc) is 3.56. The van der Waals surface area contributed by atoms with E-state index < -0.39 is 11.9 Å². The molecule has 0 radical (unpaired) electrons. The number of ether oxygens (including phenoxy) is 8. The number of benzene rings is 6. The van der Waals surface area contributed by atoms with Crippen molar-refractivity contribution in [2.24, 2.45) is 0 Å². The molecule has 0 aliphatic carbocycles. The number of methoxy groups -OCH3 is 2. The minimum Gasteiger partial charge on any atom is -0.494 e. The summed E-state index contributed by atoms with van der Waals surface area (Å²) in [7, 11) is 2.70. The molecule has 0 amide bonds. The molecule has 6 rings (SSSR count). The summed E-state index contributed by atoms with van der Waals surface area (Å²) in [6.07, 6.45) is 26.0. The Labute approximate surface area is 509 Å². The van der Waals surface area contributed by atoms with Gasteiger partial charge < -0.3 is 37.9 Å². The second-order valence-corrected chi connectivity index (χ2v) is 21.3. The second-order valence-electron chi connectivity index (χ2n) is 21.3. The highest BCUT2D eigenvalue weighted by atomic mass is 16.5. The summed E-state index contributed by atoms with van der Waals surface area (Å²) in [6, 6.07) is 35.1. The maximum absolute atomic E-state index is 12.9. The van der Waals surface area contributed by atoms with Gasteiger partial charge in [0.25, 0.3) is 0 Å². The highest BCUT2D eigenvalue weighted by Crippen LogP contribution is 2.27. The third-order valence-corrected chi connectivity index (χ3v) is 14.6. The van der Waals surface area contributed by atoms with Crippen LogP contribution < -0.4 is 18.9 Å². The molecule has 0 aromatic heterocycles. The second kappa shape index (κ2) is 39.2. The van der Waals surface area contributed by atoms with E-state index in [4.69, 9.17) is 37.9 Å². The lowest BCUT2D eigenvalue weighted by molar-refractivity contribution is -0.138. The van der Waals surface area contributed by atoms with Crippen molar-refractivity contribution in [2.45, 2.75) is 141 Å². The van der Waals surface area contributed by atoms with Crippen molar-refractivity contribution in [2.75, 3.05) is 53.9 Å². The van der Waals surface area contributed by atoms with Gasteiger partial charge in [0, 0.05) is 34.4 Å². The Hall–Kier alpha value is -8.48. The van der Waals surface area contributed by atoms with Crippen molar-refractivity contribution in [1.82, 2.24) is 0 Å². The Morgan fingerprint density at radius 2 is 0.616 bits per heavy atom. The molecule has 6 aromatic carbocycles. The van der Waals surface area contributed by atoms with Gasteiger partial charge >= 0.3 is 23.9 Å². The van der Waals surface area contributed by atoms with E-state index in [0.717, 1.165) is 121 Å². The number of fused-ring (bicyclic) bond motifs is 2. The Kier molecular flexibility index (Phi) is 30.4. The molecule has 0 saturated carbocycles. The molecule has 0 aliphatic heterocycles. The van der Waals surface area contributed by atoms with Crippen molar-refractivity contribution in [3.8, 4) is 46.7 Å². The maximum Gasteiger partial charge on any atom is 0.341 e. The van der Waals surface area contributed by atoms with Gasteiger partial charge in [0.05, 0.1) is 53.9 Å². The quantitative estimate of drug-likeness (QED) is 0.0119. The van der Waals surface area contributed by atoms with E-state index in [0.29, 0.717) is 73.4 Å². The standard InChI is InChI=1S/C74H86O12/c1-5-71(75)85-49-27-19-15-11-7-9-13-17-23-45-81-65-41-39-61-51-57(33-37-63(61)55-65)29-31-59-35-43-69(67(53-59)73(77)79-3)83-47-25-21-22-26-48-84-70-44-36-60(54-68(70)74(78)80-4)32-30-58-34-38-64-56-66(42-40-62(64)52-58)82-46-24-18-14-10-8-12-16-20-28-50-86-72(76)6-2/h5-6,33-44,51-56H,1-2,7-28,45-50H2,3-4H3. The monoisotopic (exact) mass is 1170 g/mol. The molecule has 0 saturated heterocycles. The first-order chi connectivity index (χ1) is 42.2. The summed E-state index contributed by atoms with van der Waals surface area (Å²) in [5.74, 6) is 13.8. The van der Waals surface area contributed by atoms with Gasteiger partial charge in [0.15, 0.2) is 0 Å². The predicted molar refractivity (Wildman–Crippen MR) is 341 cm³/mol. The first kappa shape index (κ1) is 66.7. The van der Waals surface area contributed by atoms with Crippen LogP contribution in [0.5, 0.6) is 23.0 Å². The number of unbranched alkanes of at least 4 members (excludes halogenated alkanes) is 19. The lowest BCUT2D eigenvalue weighted by atomic mass is 10.1. The number of hydrogen-bond donors (Lipinski definition) is 0. The van der Waals surface area contributed by atoms with E-state index in [2.05, 4.69) is 73.2 Å². The third kappa shape index (κ3) is 24.6. The normalized spacial score (nSPS) is 10.7. The molecule has 0 N–H and O–H groups in total. The van der Waals surface area contributed by atoms with Crippen LogP contribution in [0.15, 0.2) is 135 Å². The molecule has 86 heavy (non-hydrogen) atoms. The lowest BCUT2D eigenvalue weighted by Crippen LogP contribution is -2.08. The van der Waals surface area contributed by atoms with Crippen molar-refractivity contribution in [1.29, 1.82) is 0 Å². The van der Waals surface area contributed by atoms with Gasteiger partial charge in [-0.25, -0.2) is 19.2 Å². The molecule has 6 aromatic rings. The largest absolute Gasteiger partial charge is 0.494 e.